The maximum Gasteiger partial charge on any atom is 0.262 e. The highest BCUT2D eigenvalue weighted by atomic mass is 35.5. The van der Waals surface area contributed by atoms with Gasteiger partial charge in [0.1, 0.15) is 5.15 Å². The van der Waals surface area contributed by atoms with Crippen molar-refractivity contribution in [2.75, 3.05) is 4.72 Å². The van der Waals surface area contributed by atoms with Crippen LogP contribution < -0.4 is 4.72 Å². The first-order valence-electron chi connectivity index (χ1n) is 5.29. The number of nitrogens with zero attached hydrogens (tertiary/aromatic N) is 1. The summed E-state index contributed by atoms with van der Waals surface area (Å²) in [5.41, 5.74) is 0.947. The van der Waals surface area contributed by atoms with Crippen molar-refractivity contribution in [3.8, 4) is 0 Å². The SMILES string of the molecule is Cc1ccc(Cl)cc1S(=O)(=O)Nc1ccc(Cl)nc1. The van der Waals surface area contributed by atoms with Crippen molar-refractivity contribution in [3.63, 3.8) is 0 Å². The zero-order valence-electron chi connectivity index (χ0n) is 9.89. The largest absolute Gasteiger partial charge is 0.278 e. The summed E-state index contributed by atoms with van der Waals surface area (Å²) in [7, 11) is -3.70. The lowest BCUT2D eigenvalue weighted by atomic mass is 10.2. The van der Waals surface area contributed by atoms with Crippen molar-refractivity contribution < 1.29 is 8.42 Å². The van der Waals surface area contributed by atoms with E-state index in [0.717, 1.165) is 0 Å². The Morgan fingerprint density at radius 1 is 1.16 bits per heavy atom. The van der Waals surface area contributed by atoms with Gasteiger partial charge in [0.05, 0.1) is 16.8 Å². The van der Waals surface area contributed by atoms with Gasteiger partial charge in [-0.25, -0.2) is 13.4 Å². The van der Waals surface area contributed by atoms with Crippen molar-refractivity contribution in [1.29, 1.82) is 0 Å². The molecule has 0 atom stereocenters. The fourth-order valence-corrected chi connectivity index (χ4v) is 3.17. The third kappa shape index (κ3) is 3.37. The topological polar surface area (TPSA) is 59.1 Å². The van der Waals surface area contributed by atoms with E-state index in [9.17, 15) is 8.42 Å². The molecule has 0 aliphatic carbocycles. The van der Waals surface area contributed by atoms with Gasteiger partial charge in [0.25, 0.3) is 10.0 Å². The predicted molar refractivity (Wildman–Crippen MR) is 76.2 cm³/mol. The van der Waals surface area contributed by atoms with Crippen LogP contribution in [0.15, 0.2) is 41.4 Å². The van der Waals surface area contributed by atoms with E-state index >= 15 is 0 Å². The lowest BCUT2D eigenvalue weighted by Gasteiger charge is -2.10. The maximum atomic E-state index is 12.2. The molecule has 4 nitrogen and oxygen atoms in total. The minimum atomic E-state index is -3.70. The van der Waals surface area contributed by atoms with E-state index in [0.29, 0.717) is 21.4 Å². The number of nitrogens with one attached hydrogen (secondary N) is 1. The minimum absolute atomic E-state index is 0.134. The number of hydrogen-bond donors (Lipinski definition) is 1. The average Bonchev–Trinajstić information content (AvgIpc) is 2.35. The van der Waals surface area contributed by atoms with E-state index in [1.165, 1.54) is 24.4 Å². The molecule has 2 rings (SSSR count). The number of rotatable bonds is 3. The van der Waals surface area contributed by atoms with E-state index in [1.54, 1.807) is 19.1 Å². The van der Waals surface area contributed by atoms with Gasteiger partial charge in [-0.15, -0.1) is 0 Å². The Morgan fingerprint density at radius 2 is 1.89 bits per heavy atom. The van der Waals surface area contributed by atoms with Crippen LogP contribution in [-0.2, 0) is 10.0 Å². The summed E-state index contributed by atoms with van der Waals surface area (Å²) in [6, 6.07) is 7.73. The smallest absolute Gasteiger partial charge is 0.262 e. The Labute approximate surface area is 121 Å². The molecular weight excluding hydrogens is 307 g/mol. The molecule has 100 valence electrons. The molecule has 2 aromatic rings. The number of hydrogen-bond acceptors (Lipinski definition) is 3. The van der Waals surface area contributed by atoms with Crippen LogP contribution in [0.5, 0.6) is 0 Å². The Morgan fingerprint density at radius 3 is 2.53 bits per heavy atom. The summed E-state index contributed by atoms with van der Waals surface area (Å²) in [4.78, 5) is 3.94. The van der Waals surface area contributed by atoms with Crippen LogP contribution in [0, 0.1) is 6.92 Å². The zero-order valence-corrected chi connectivity index (χ0v) is 12.2. The normalized spacial score (nSPS) is 11.3. The number of halogens is 2. The lowest BCUT2D eigenvalue weighted by molar-refractivity contribution is 0.600. The molecule has 0 bridgehead atoms. The van der Waals surface area contributed by atoms with Crippen LogP contribution in [0.3, 0.4) is 0 Å². The van der Waals surface area contributed by atoms with E-state index in [2.05, 4.69) is 9.71 Å². The summed E-state index contributed by atoms with van der Waals surface area (Å²) in [6.07, 6.45) is 1.35. The molecule has 1 aromatic heterocycles. The van der Waals surface area contributed by atoms with E-state index in [-0.39, 0.29) is 4.90 Å². The average molecular weight is 317 g/mol. The van der Waals surface area contributed by atoms with Crippen LogP contribution in [0.1, 0.15) is 5.56 Å². The van der Waals surface area contributed by atoms with Crippen LogP contribution in [0.4, 0.5) is 5.69 Å². The maximum absolute atomic E-state index is 12.2. The molecular formula is C12H10Cl2N2O2S. The molecule has 0 radical (unpaired) electrons. The number of sulfonamides is 1. The highest BCUT2D eigenvalue weighted by molar-refractivity contribution is 7.92. The van der Waals surface area contributed by atoms with Gasteiger partial charge in [-0.1, -0.05) is 29.3 Å². The molecule has 1 N–H and O–H groups in total. The van der Waals surface area contributed by atoms with Crippen molar-refractivity contribution in [3.05, 3.63) is 52.3 Å². The third-order valence-electron chi connectivity index (χ3n) is 2.42. The quantitative estimate of drug-likeness (QED) is 0.882. The Kier molecular flexibility index (Phi) is 3.99. The summed E-state index contributed by atoms with van der Waals surface area (Å²) in [6.45, 7) is 1.70. The molecule has 1 heterocycles. The van der Waals surface area contributed by atoms with Gasteiger partial charge in [-0.3, -0.25) is 4.72 Å². The molecule has 0 saturated heterocycles. The molecule has 0 aliphatic heterocycles. The number of aryl methyl sites for hydroxylation is 1. The van der Waals surface area contributed by atoms with Gasteiger partial charge in [-0.2, -0.15) is 0 Å². The van der Waals surface area contributed by atoms with Crippen molar-refractivity contribution in [1.82, 2.24) is 4.98 Å². The van der Waals surface area contributed by atoms with Crippen LogP contribution >= 0.6 is 23.2 Å². The van der Waals surface area contributed by atoms with Gasteiger partial charge in [0.2, 0.25) is 0 Å². The first-order chi connectivity index (χ1) is 8.88. The van der Waals surface area contributed by atoms with Gasteiger partial charge in [0.15, 0.2) is 0 Å². The summed E-state index contributed by atoms with van der Waals surface area (Å²) < 4.78 is 26.9. The van der Waals surface area contributed by atoms with Gasteiger partial charge < -0.3 is 0 Å². The number of anilines is 1. The number of pyridine rings is 1. The minimum Gasteiger partial charge on any atom is -0.278 e. The molecule has 0 spiro atoms. The third-order valence-corrected chi connectivity index (χ3v) is 4.40. The second-order valence-electron chi connectivity index (χ2n) is 3.88. The molecule has 0 unspecified atom stereocenters. The van der Waals surface area contributed by atoms with Crippen molar-refractivity contribution >= 4 is 38.9 Å². The highest BCUT2D eigenvalue weighted by Gasteiger charge is 2.17. The second-order valence-corrected chi connectivity index (χ2v) is 6.36. The first kappa shape index (κ1) is 14.1. The van der Waals surface area contributed by atoms with Crippen LogP contribution in [0.2, 0.25) is 10.2 Å². The van der Waals surface area contributed by atoms with Gasteiger partial charge >= 0.3 is 0 Å². The molecule has 19 heavy (non-hydrogen) atoms. The van der Waals surface area contributed by atoms with Crippen LogP contribution in [-0.4, -0.2) is 13.4 Å². The van der Waals surface area contributed by atoms with Gasteiger partial charge in [-0.05, 0) is 36.8 Å². The molecule has 0 saturated carbocycles. The first-order valence-corrected chi connectivity index (χ1v) is 7.53. The molecule has 0 amide bonds. The monoisotopic (exact) mass is 316 g/mol. The summed E-state index contributed by atoms with van der Waals surface area (Å²) in [5, 5.41) is 0.655. The lowest BCUT2D eigenvalue weighted by Crippen LogP contribution is -2.14. The fourth-order valence-electron chi connectivity index (χ4n) is 1.51. The Bertz CT molecular complexity index is 700. The summed E-state index contributed by atoms with van der Waals surface area (Å²) >= 11 is 11.5. The molecule has 0 fully saturated rings. The van der Waals surface area contributed by atoms with Gasteiger partial charge in [0, 0.05) is 5.02 Å². The fraction of sp³-hybridized carbons (Fsp3) is 0.0833. The zero-order chi connectivity index (χ0) is 14.0. The van der Waals surface area contributed by atoms with E-state index in [4.69, 9.17) is 23.2 Å². The molecule has 7 heteroatoms. The van der Waals surface area contributed by atoms with Crippen LogP contribution in [0.25, 0.3) is 0 Å². The predicted octanol–water partition coefficient (Wildman–Crippen LogP) is 3.50. The summed E-state index contributed by atoms with van der Waals surface area (Å²) in [5.74, 6) is 0. The molecule has 1 aromatic carbocycles. The van der Waals surface area contributed by atoms with Crippen molar-refractivity contribution in [2.45, 2.75) is 11.8 Å². The standard InChI is InChI=1S/C12H10Cl2N2O2S/c1-8-2-3-9(13)6-11(8)19(17,18)16-10-4-5-12(14)15-7-10/h2-7,16H,1H3. The number of aromatic nitrogens is 1. The number of benzene rings is 1. The van der Waals surface area contributed by atoms with Crippen molar-refractivity contribution in [2.24, 2.45) is 0 Å². The van der Waals surface area contributed by atoms with E-state index < -0.39 is 10.0 Å². The van der Waals surface area contributed by atoms with E-state index in [1.807, 2.05) is 0 Å². The Hall–Kier alpha value is -1.30. The Balaban J connectivity index is 2.37. The second kappa shape index (κ2) is 5.36. The highest BCUT2D eigenvalue weighted by Crippen LogP contribution is 2.22. The molecule has 0 aliphatic rings.